The minimum atomic E-state index is 0.884. The van der Waals surface area contributed by atoms with Crippen molar-refractivity contribution in [3.63, 3.8) is 0 Å². The van der Waals surface area contributed by atoms with Crippen LogP contribution in [0.25, 0.3) is 0 Å². The Kier molecular flexibility index (Phi) is 43.7. The molecule has 176 valence electrons. The minimum Gasteiger partial charge on any atom is -0.0683 e. The van der Waals surface area contributed by atoms with Crippen molar-refractivity contribution in [2.45, 2.75) is 166 Å². The Morgan fingerprint density at radius 2 is 1.14 bits per heavy atom. The van der Waals surface area contributed by atoms with E-state index in [1.54, 1.807) is 0 Å². The van der Waals surface area contributed by atoms with E-state index >= 15 is 0 Å². The largest absolute Gasteiger partial charge is 0.0683 e. The highest BCUT2D eigenvalue weighted by Crippen LogP contribution is 2.31. The van der Waals surface area contributed by atoms with Crippen LogP contribution in [0.3, 0.4) is 0 Å². The lowest BCUT2D eigenvalue weighted by Gasteiger charge is -2.26. The quantitative estimate of drug-likeness (QED) is 0.337. The van der Waals surface area contributed by atoms with Crippen molar-refractivity contribution >= 4 is 0 Å². The third-order valence-electron chi connectivity index (χ3n) is 5.08. The molecule has 0 spiro atoms. The van der Waals surface area contributed by atoms with E-state index in [9.17, 15) is 0 Å². The van der Waals surface area contributed by atoms with Gasteiger partial charge in [-0.1, -0.05) is 160 Å². The summed E-state index contributed by atoms with van der Waals surface area (Å²) in [5.41, 5.74) is 0. The molecule has 0 aromatic heterocycles. The van der Waals surface area contributed by atoms with Gasteiger partial charge in [-0.3, -0.25) is 0 Å². The van der Waals surface area contributed by atoms with Gasteiger partial charge in [0.2, 0.25) is 0 Å². The predicted molar refractivity (Wildman–Crippen MR) is 138 cm³/mol. The monoisotopic (exact) mass is 401 g/mol. The Hall–Kier alpha value is 0. The van der Waals surface area contributed by atoms with Crippen LogP contribution >= 0.6 is 0 Å². The molecule has 1 rings (SSSR count). The maximum absolute atomic E-state index is 2.44. The van der Waals surface area contributed by atoms with E-state index in [-0.39, 0.29) is 0 Å². The molecule has 1 aliphatic carbocycles. The van der Waals surface area contributed by atoms with Crippen molar-refractivity contribution in [3.8, 4) is 0 Å². The summed E-state index contributed by atoms with van der Waals surface area (Å²) >= 11 is 0. The first-order chi connectivity index (χ1) is 13.5. The average molecular weight is 401 g/mol. The second-order valence-electron chi connectivity index (χ2n) is 8.56. The Bertz CT molecular complexity index is 206. The summed E-state index contributed by atoms with van der Waals surface area (Å²) in [6, 6.07) is 0. The highest BCUT2D eigenvalue weighted by Gasteiger charge is 2.17. The molecular formula is C28H64. The van der Waals surface area contributed by atoms with E-state index in [1.807, 2.05) is 27.7 Å². The first-order valence-electron chi connectivity index (χ1n) is 13.5. The number of rotatable bonds is 9. The van der Waals surface area contributed by atoms with Crippen molar-refractivity contribution in [1.82, 2.24) is 0 Å². The standard InChI is InChI=1S/C16H32.C5H12.C3H8.2C2H6/c1-3-4-5-6-7-8-9-12-16-13-10-11-15(2)14-16;1-4-5(2)3;1-3-2;2*1-2/h15-16H,3-14H2,1-2H3;5H,4H2,1-3H3;3H2,1-2H3;2*1-2H3. The van der Waals surface area contributed by atoms with Crippen LogP contribution < -0.4 is 0 Å². The van der Waals surface area contributed by atoms with Crippen LogP contribution in [-0.4, -0.2) is 0 Å². The smallest absolute Gasteiger partial charge is 0.0412 e. The van der Waals surface area contributed by atoms with Gasteiger partial charge >= 0.3 is 0 Å². The topological polar surface area (TPSA) is 0 Å². The summed E-state index contributed by atoms with van der Waals surface area (Å²) in [7, 11) is 0. The van der Waals surface area contributed by atoms with Crippen LogP contribution in [0.2, 0.25) is 0 Å². The second-order valence-corrected chi connectivity index (χ2v) is 8.56. The van der Waals surface area contributed by atoms with Gasteiger partial charge in [-0.15, -0.1) is 0 Å². The van der Waals surface area contributed by atoms with E-state index in [0.29, 0.717) is 0 Å². The van der Waals surface area contributed by atoms with Crippen LogP contribution in [0.5, 0.6) is 0 Å². The molecule has 0 nitrogen and oxygen atoms in total. The zero-order chi connectivity index (χ0) is 22.6. The summed E-state index contributed by atoms with van der Waals surface area (Å²) in [6.07, 6.45) is 20.4. The van der Waals surface area contributed by atoms with E-state index in [2.05, 4.69) is 48.5 Å². The Morgan fingerprint density at radius 1 is 0.714 bits per heavy atom. The SMILES string of the molecule is CC.CC.CCC.CCC(C)C.CCCCCCCCCC1CCCC(C)C1. The molecule has 1 saturated carbocycles. The molecule has 0 bridgehead atoms. The summed E-state index contributed by atoms with van der Waals surface area (Å²) in [4.78, 5) is 0. The molecule has 0 aliphatic heterocycles. The molecule has 0 aromatic carbocycles. The van der Waals surface area contributed by atoms with E-state index in [4.69, 9.17) is 0 Å². The molecule has 1 fully saturated rings. The zero-order valence-electron chi connectivity index (χ0n) is 22.6. The molecule has 0 heteroatoms. The highest BCUT2D eigenvalue weighted by atomic mass is 14.2. The van der Waals surface area contributed by atoms with Gasteiger partial charge in [0.15, 0.2) is 0 Å². The predicted octanol–water partition coefficient (Wildman–Crippen LogP) is 11.5. The van der Waals surface area contributed by atoms with E-state index in [0.717, 1.165) is 17.8 Å². The van der Waals surface area contributed by atoms with Crippen LogP contribution in [-0.2, 0) is 0 Å². The molecule has 0 aromatic rings. The minimum absolute atomic E-state index is 0.884. The van der Waals surface area contributed by atoms with Gasteiger partial charge < -0.3 is 0 Å². The summed E-state index contributed by atoms with van der Waals surface area (Å²) < 4.78 is 0. The van der Waals surface area contributed by atoms with Gasteiger partial charge in [0.25, 0.3) is 0 Å². The maximum atomic E-state index is 2.44. The third kappa shape index (κ3) is 36.8. The van der Waals surface area contributed by atoms with Crippen molar-refractivity contribution in [1.29, 1.82) is 0 Å². The van der Waals surface area contributed by atoms with Gasteiger partial charge in [-0.2, -0.15) is 0 Å². The number of hydrogen-bond acceptors (Lipinski definition) is 0. The van der Waals surface area contributed by atoms with Gasteiger partial charge in [0.1, 0.15) is 0 Å². The summed E-state index contributed by atoms with van der Waals surface area (Å²) in [5.74, 6) is 2.98. The molecular weight excluding hydrogens is 336 g/mol. The Morgan fingerprint density at radius 3 is 1.54 bits per heavy atom. The third-order valence-corrected chi connectivity index (χ3v) is 5.08. The Balaban J connectivity index is -0.000000200. The Labute approximate surface area is 184 Å². The first-order valence-corrected chi connectivity index (χ1v) is 13.5. The molecule has 0 saturated heterocycles. The first kappa shape index (κ1) is 35.4. The molecule has 0 N–H and O–H groups in total. The zero-order valence-corrected chi connectivity index (χ0v) is 22.6. The molecule has 2 unspecified atom stereocenters. The lowest BCUT2D eigenvalue weighted by molar-refractivity contribution is 0.263. The summed E-state index contributed by atoms with van der Waals surface area (Å²) in [5, 5.41) is 0. The van der Waals surface area contributed by atoms with Gasteiger partial charge in [-0.25, -0.2) is 0 Å². The molecule has 0 radical (unpaired) electrons. The maximum Gasteiger partial charge on any atom is -0.0412 e. The average Bonchev–Trinajstić information content (AvgIpc) is 2.71. The highest BCUT2D eigenvalue weighted by molar-refractivity contribution is 4.70. The molecule has 0 heterocycles. The lowest BCUT2D eigenvalue weighted by atomic mass is 9.80. The van der Waals surface area contributed by atoms with Crippen LogP contribution in [0.4, 0.5) is 0 Å². The normalized spacial score (nSPS) is 17.6. The fourth-order valence-corrected chi connectivity index (χ4v) is 3.21. The molecule has 0 amide bonds. The number of unbranched alkanes of at least 4 members (excludes halogenated alkanes) is 6. The fourth-order valence-electron chi connectivity index (χ4n) is 3.21. The van der Waals surface area contributed by atoms with Crippen molar-refractivity contribution < 1.29 is 0 Å². The van der Waals surface area contributed by atoms with Crippen molar-refractivity contribution in [3.05, 3.63) is 0 Å². The van der Waals surface area contributed by atoms with Crippen molar-refractivity contribution in [2.24, 2.45) is 17.8 Å². The van der Waals surface area contributed by atoms with Gasteiger partial charge in [0, 0.05) is 0 Å². The van der Waals surface area contributed by atoms with Crippen LogP contribution in [0, 0.1) is 17.8 Å². The lowest BCUT2D eigenvalue weighted by Crippen LogP contribution is -2.12. The van der Waals surface area contributed by atoms with Crippen molar-refractivity contribution in [2.75, 3.05) is 0 Å². The summed E-state index contributed by atoms with van der Waals surface area (Å²) in [6.45, 7) is 23.6. The molecule has 28 heavy (non-hydrogen) atoms. The van der Waals surface area contributed by atoms with Crippen LogP contribution in [0.1, 0.15) is 166 Å². The van der Waals surface area contributed by atoms with Gasteiger partial charge in [0.05, 0.1) is 0 Å². The van der Waals surface area contributed by atoms with Gasteiger partial charge in [-0.05, 0) is 24.2 Å². The fraction of sp³-hybridized carbons (Fsp3) is 1.00. The second kappa shape index (κ2) is 34.5. The number of hydrogen-bond donors (Lipinski definition) is 0. The molecule has 1 aliphatic rings. The van der Waals surface area contributed by atoms with Crippen LogP contribution in [0.15, 0.2) is 0 Å². The molecule has 2 atom stereocenters. The van der Waals surface area contributed by atoms with E-state index in [1.165, 1.54) is 89.9 Å². The van der Waals surface area contributed by atoms with E-state index < -0.39 is 0 Å².